The Morgan fingerprint density at radius 1 is 1.07 bits per heavy atom. The number of nitrogens with zero attached hydrogens (tertiary/aromatic N) is 1. The maximum Gasteiger partial charge on any atom is 0.316 e. The van der Waals surface area contributed by atoms with Gasteiger partial charge in [-0.15, -0.1) is 11.8 Å². The van der Waals surface area contributed by atoms with Gasteiger partial charge in [0.2, 0.25) is 0 Å². The van der Waals surface area contributed by atoms with E-state index in [1.54, 1.807) is 12.1 Å². The summed E-state index contributed by atoms with van der Waals surface area (Å²) in [5, 5.41) is 13.3. The van der Waals surface area contributed by atoms with Gasteiger partial charge in [0.15, 0.2) is 6.61 Å². The number of thioether (sulfide) groups is 1. The van der Waals surface area contributed by atoms with E-state index in [1.807, 2.05) is 24.3 Å². The van der Waals surface area contributed by atoms with Crippen LogP contribution in [0.2, 0.25) is 0 Å². The number of carbonyl (C=O) groups excluding carboxylic acids is 2. The van der Waals surface area contributed by atoms with Crippen molar-refractivity contribution in [3.8, 4) is 0 Å². The van der Waals surface area contributed by atoms with Crippen molar-refractivity contribution in [3.05, 3.63) is 64.2 Å². The fraction of sp³-hybridized carbons (Fsp3) is 0.300. The number of nitro groups is 1. The summed E-state index contributed by atoms with van der Waals surface area (Å²) in [5.41, 5.74) is 1.80. The van der Waals surface area contributed by atoms with Crippen LogP contribution in [-0.2, 0) is 19.7 Å². The van der Waals surface area contributed by atoms with Gasteiger partial charge in [-0.1, -0.05) is 32.9 Å². The van der Waals surface area contributed by atoms with Crippen LogP contribution in [0.1, 0.15) is 26.3 Å². The molecule has 2 rings (SSSR count). The van der Waals surface area contributed by atoms with E-state index >= 15 is 0 Å². The first-order valence-electron chi connectivity index (χ1n) is 8.58. The van der Waals surface area contributed by atoms with Gasteiger partial charge in [-0.2, -0.15) is 0 Å². The topological polar surface area (TPSA) is 98.5 Å². The first-order valence-corrected chi connectivity index (χ1v) is 9.57. The van der Waals surface area contributed by atoms with Crippen molar-refractivity contribution >= 4 is 35.0 Å². The van der Waals surface area contributed by atoms with Crippen molar-refractivity contribution in [2.24, 2.45) is 0 Å². The lowest BCUT2D eigenvalue weighted by molar-refractivity contribution is -0.384. The van der Waals surface area contributed by atoms with Gasteiger partial charge in [0.05, 0.1) is 10.7 Å². The predicted octanol–water partition coefficient (Wildman–Crippen LogP) is 4.17. The highest BCUT2D eigenvalue weighted by molar-refractivity contribution is 8.00. The lowest BCUT2D eigenvalue weighted by atomic mass is 9.87. The van der Waals surface area contributed by atoms with E-state index in [4.69, 9.17) is 4.74 Å². The van der Waals surface area contributed by atoms with Crippen LogP contribution in [0.3, 0.4) is 0 Å². The van der Waals surface area contributed by atoms with E-state index in [0.717, 1.165) is 5.56 Å². The number of non-ortho nitro benzene ring substituents is 1. The summed E-state index contributed by atoms with van der Waals surface area (Å²) in [4.78, 5) is 34.5. The van der Waals surface area contributed by atoms with E-state index in [9.17, 15) is 19.7 Å². The van der Waals surface area contributed by atoms with Gasteiger partial charge in [-0.25, -0.2) is 0 Å². The van der Waals surface area contributed by atoms with Gasteiger partial charge < -0.3 is 10.1 Å². The monoisotopic (exact) mass is 402 g/mol. The van der Waals surface area contributed by atoms with Crippen LogP contribution in [0, 0.1) is 10.1 Å². The summed E-state index contributed by atoms with van der Waals surface area (Å²) < 4.78 is 4.96. The van der Waals surface area contributed by atoms with Gasteiger partial charge in [0, 0.05) is 22.7 Å². The second-order valence-corrected chi connectivity index (χ2v) is 8.12. The first kappa shape index (κ1) is 21.4. The molecule has 1 N–H and O–H groups in total. The SMILES string of the molecule is CC(C)(C)c1ccc(NC(=O)COC(=O)CSc2ccc([N+](=O)[O-])cc2)cc1. The molecule has 0 saturated carbocycles. The molecule has 0 unspecified atom stereocenters. The van der Waals surface area contributed by atoms with Gasteiger partial charge >= 0.3 is 5.97 Å². The molecule has 28 heavy (non-hydrogen) atoms. The fourth-order valence-electron chi connectivity index (χ4n) is 2.24. The molecule has 0 aliphatic carbocycles. The van der Waals surface area contributed by atoms with Crippen LogP contribution in [-0.4, -0.2) is 29.2 Å². The standard InChI is InChI=1S/C20H22N2O5S/c1-20(2,3)14-4-6-15(7-5-14)21-18(23)12-27-19(24)13-28-17-10-8-16(9-11-17)22(25)26/h4-11H,12-13H2,1-3H3,(H,21,23). The Labute approximate surface area is 167 Å². The fourth-order valence-corrected chi connectivity index (χ4v) is 2.94. The number of nitrogens with one attached hydrogen (secondary N) is 1. The lowest BCUT2D eigenvalue weighted by Gasteiger charge is -2.19. The molecule has 0 heterocycles. The Morgan fingerprint density at radius 3 is 2.21 bits per heavy atom. The number of anilines is 1. The summed E-state index contributed by atoms with van der Waals surface area (Å²) in [7, 11) is 0. The van der Waals surface area contributed by atoms with Crippen LogP contribution in [0.25, 0.3) is 0 Å². The predicted molar refractivity (Wildman–Crippen MR) is 109 cm³/mol. The van der Waals surface area contributed by atoms with E-state index in [2.05, 4.69) is 26.1 Å². The molecule has 0 aliphatic heterocycles. The van der Waals surface area contributed by atoms with Crippen LogP contribution in [0.4, 0.5) is 11.4 Å². The average Bonchev–Trinajstić information content (AvgIpc) is 2.64. The maximum atomic E-state index is 11.9. The maximum absolute atomic E-state index is 11.9. The number of carbonyl (C=O) groups is 2. The normalized spacial score (nSPS) is 11.0. The zero-order chi connectivity index (χ0) is 20.7. The number of rotatable bonds is 7. The molecule has 0 bridgehead atoms. The van der Waals surface area contributed by atoms with Crippen LogP contribution in [0.15, 0.2) is 53.4 Å². The summed E-state index contributed by atoms with van der Waals surface area (Å²) >= 11 is 1.18. The third kappa shape index (κ3) is 6.70. The number of ether oxygens (including phenoxy) is 1. The molecular weight excluding hydrogens is 380 g/mol. The zero-order valence-electron chi connectivity index (χ0n) is 15.9. The molecule has 2 aromatic carbocycles. The third-order valence-electron chi connectivity index (χ3n) is 3.80. The Kier molecular flexibility index (Phi) is 7.17. The highest BCUT2D eigenvalue weighted by atomic mass is 32.2. The molecule has 0 aromatic heterocycles. The number of esters is 1. The van der Waals surface area contributed by atoms with Gasteiger partial charge in [0.25, 0.3) is 11.6 Å². The summed E-state index contributed by atoms with van der Waals surface area (Å²) in [5.74, 6) is -0.954. The Morgan fingerprint density at radius 2 is 1.68 bits per heavy atom. The second-order valence-electron chi connectivity index (χ2n) is 7.08. The van der Waals surface area contributed by atoms with Crippen LogP contribution < -0.4 is 5.32 Å². The van der Waals surface area contributed by atoms with Gasteiger partial charge in [-0.05, 0) is 35.2 Å². The number of benzene rings is 2. The number of hydrogen-bond acceptors (Lipinski definition) is 6. The number of amides is 1. The van der Waals surface area contributed by atoms with E-state index in [1.165, 1.54) is 23.9 Å². The molecule has 0 aliphatic rings. The number of hydrogen-bond donors (Lipinski definition) is 1. The largest absolute Gasteiger partial charge is 0.455 e. The summed E-state index contributed by atoms with van der Waals surface area (Å²) in [6, 6.07) is 13.4. The molecule has 0 saturated heterocycles. The number of nitro benzene ring substituents is 1. The van der Waals surface area contributed by atoms with Crippen molar-refractivity contribution in [2.75, 3.05) is 17.7 Å². The molecule has 148 valence electrons. The van der Waals surface area contributed by atoms with Crippen molar-refractivity contribution < 1.29 is 19.2 Å². The third-order valence-corrected chi connectivity index (χ3v) is 4.79. The minimum atomic E-state index is -0.540. The Bertz CT molecular complexity index is 842. The molecule has 7 nitrogen and oxygen atoms in total. The molecule has 8 heteroatoms. The smallest absolute Gasteiger partial charge is 0.316 e. The zero-order valence-corrected chi connectivity index (χ0v) is 16.7. The summed E-state index contributed by atoms with van der Waals surface area (Å²) in [6.07, 6.45) is 0. The van der Waals surface area contributed by atoms with Crippen LogP contribution in [0.5, 0.6) is 0 Å². The highest BCUT2D eigenvalue weighted by Gasteiger charge is 2.14. The van der Waals surface area contributed by atoms with Gasteiger partial charge in [-0.3, -0.25) is 19.7 Å². The highest BCUT2D eigenvalue weighted by Crippen LogP contribution is 2.23. The van der Waals surface area contributed by atoms with Crippen molar-refractivity contribution in [2.45, 2.75) is 31.1 Å². The average molecular weight is 402 g/mol. The van der Waals surface area contributed by atoms with Crippen molar-refractivity contribution in [1.82, 2.24) is 0 Å². The molecule has 0 radical (unpaired) electrons. The second kappa shape index (κ2) is 9.36. The molecule has 1 amide bonds. The Hall–Kier alpha value is -2.87. The minimum Gasteiger partial charge on any atom is -0.455 e. The van der Waals surface area contributed by atoms with Crippen molar-refractivity contribution in [1.29, 1.82) is 0 Å². The quantitative estimate of drug-likeness (QED) is 0.323. The van der Waals surface area contributed by atoms with E-state index in [0.29, 0.717) is 10.6 Å². The molecule has 2 aromatic rings. The van der Waals surface area contributed by atoms with Gasteiger partial charge in [0.1, 0.15) is 0 Å². The van der Waals surface area contributed by atoms with E-state index < -0.39 is 16.8 Å². The summed E-state index contributed by atoms with van der Waals surface area (Å²) in [6.45, 7) is 5.94. The first-order chi connectivity index (χ1) is 13.1. The van der Waals surface area contributed by atoms with E-state index in [-0.39, 0.29) is 23.5 Å². The minimum absolute atomic E-state index is 0.00533. The molecular formula is C20H22N2O5S. The van der Waals surface area contributed by atoms with Crippen molar-refractivity contribution in [3.63, 3.8) is 0 Å². The van der Waals surface area contributed by atoms with Crippen LogP contribution >= 0.6 is 11.8 Å². The molecule has 0 atom stereocenters. The molecule has 0 spiro atoms. The Balaban J connectivity index is 1.74. The molecule has 0 fully saturated rings. The lowest BCUT2D eigenvalue weighted by Crippen LogP contribution is -2.21.